The summed E-state index contributed by atoms with van der Waals surface area (Å²) in [5.74, 6) is 0. The van der Waals surface area contributed by atoms with Crippen molar-refractivity contribution < 1.29 is 8.42 Å². The maximum atomic E-state index is 12.3. The fraction of sp³-hybridized carbons (Fsp3) is 0.182. The van der Waals surface area contributed by atoms with E-state index in [-0.39, 0.29) is 4.90 Å². The van der Waals surface area contributed by atoms with E-state index < -0.39 is 10.0 Å². The third-order valence-electron chi connectivity index (χ3n) is 2.78. The van der Waals surface area contributed by atoms with Gasteiger partial charge in [0.1, 0.15) is 15.9 Å². The second-order valence-electron chi connectivity index (χ2n) is 4.11. The molecule has 2 aromatic heterocycles. The van der Waals surface area contributed by atoms with E-state index in [2.05, 4.69) is 23.4 Å². The maximum absolute atomic E-state index is 12.3. The Labute approximate surface area is 119 Å². The average Bonchev–Trinajstić information content (AvgIpc) is 3.08. The Morgan fingerprint density at radius 2 is 2.20 bits per heavy atom. The van der Waals surface area contributed by atoms with Gasteiger partial charge in [-0.1, -0.05) is 6.07 Å². The molecule has 0 aliphatic rings. The van der Waals surface area contributed by atoms with Crippen molar-refractivity contribution in [3.8, 4) is 0 Å². The molecule has 0 unspecified atom stereocenters. The van der Waals surface area contributed by atoms with E-state index in [9.17, 15) is 8.42 Å². The van der Waals surface area contributed by atoms with Crippen LogP contribution in [-0.2, 0) is 16.4 Å². The first-order valence-corrected chi connectivity index (χ1v) is 8.06. The van der Waals surface area contributed by atoms with E-state index in [4.69, 9.17) is 0 Å². The Balaban J connectivity index is 1.79. The quantitative estimate of drug-likeness (QED) is 0.730. The van der Waals surface area contributed by atoms with Crippen LogP contribution in [0.3, 0.4) is 0 Å². The smallest absolute Gasteiger partial charge is 0.242 e. The normalized spacial score (nSPS) is 12.0. The summed E-state index contributed by atoms with van der Waals surface area (Å²) in [5, 5.41) is 0. The van der Waals surface area contributed by atoms with Crippen LogP contribution in [0.5, 0.6) is 0 Å². The molecule has 20 heavy (non-hydrogen) atoms. The minimum Gasteiger partial charge on any atom is -0.348 e. The summed E-state index contributed by atoms with van der Waals surface area (Å²) in [6.07, 6.45) is 3.77. The molecule has 0 fully saturated rings. The summed E-state index contributed by atoms with van der Waals surface area (Å²) in [7, 11) is -3.59. The van der Waals surface area contributed by atoms with Gasteiger partial charge in [0.25, 0.3) is 0 Å². The molecule has 104 valence electrons. The molecule has 1 aromatic carbocycles. The molecule has 0 saturated carbocycles. The number of hydrogen-bond donors (Lipinski definition) is 2. The highest BCUT2D eigenvalue weighted by molar-refractivity contribution is 7.89. The highest BCUT2D eigenvalue weighted by Crippen LogP contribution is 2.20. The third kappa shape index (κ3) is 2.55. The van der Waals surface area contributed by atoms with Gasteiger partial charge in [-0.05, 0) is 12.1 Å². The van der Waals surface area contributed by atoms with Crippen LogP contribution in [0.25, 0.3) is 11.0 Å². The second-order valence-corrected chi connectivity index (χ2v) is 6.38. The number of sulfonamides is 1. The molecular weight excluding hydrogens is 298 g/mol. The van der Waals surface area contributed by atoms with Crippen LogP contribution in [0.1, 0.15) is 5.69 Å². The Bertz CT molecular complexity index is 810. The van der Waals surface area contributed by atoms with E-state index in [1.54, 1.807) is 24.7 Å². The lowest BCUT2D eigenvalue weighted by atomic mass is 10.3. The predicted molar refractivity (Wildman–Crippen MR) is 74.9 cm³/mol. The molecule has 2 N–H and O–H groups in total. The number of H-pyrrole nitrogens is 1. The van der Waals surface area contributed by atoms with E-state index >= 15 is 0 Å². The maximum Gasteiger partial charge on any atom is 0.242 e. The van der Waals surface area contributed by atoms with E-state index in [0.717, 1.165) is 17.4 Å². The number of fused-ring (bicyclic) bond motifs is 1. The van der Waals surface area contributed by atoms with E-state index in [1.807, 2.05) is 0 Å². The molecule has 9 heteroatoms. The molecule has 0 atom stereocenters. The molecule has 0 aliphatic carbocycles. The van der Waals surface area contributed by atoms with Crippen molar-refractivity contribution in [2.24, 2.45) is 0 Å². The summed E-state index contributed by atoms with van der Waals surface area (Å²) in [5.41, 5.74) is 1.87. The van der Waals surface area contributed by atoms with Crippen LogP contribution in [0.2, 0.25) is 0 Å². The number of nitrogens with one attached hydrogen (secondary N) is 2. The molecular formula is C11H11N5O2S2. The SMILES string of the molecule is O=S(=O)(NCCc1cnc[nH]1)c1cccc2nsnc12. The van der Waals surface area contributed by atoms with Crippen molar-refractivity contribution >= 4 is 32.8 Å². The van der Waals surface area contributed by atoms with Gasteiger partial charge in [-0.3, -0.25) is 0 Å². The van der Waals surface area contributed by atoms with Gasteiger partial charge in [-0.2, -0.15) is 8.75 Å². The molecule has 3 rings (SSSR count). The van der Waals surface area contributed by atoms with E-state index in [0.29, 0.717) is 24.0 Å². The lowest BCUT2D eigenvalue weighted by molar-refractivity contribution is 0.582. The van der Waals surface area contributed by atoms with Gasteiger partial charge in [-0.15, -0.1) is 0 Å². The molecule has 0 radical (unpaired) electrons. The Hall–Kier alpha value is -1.84. The Morgan fingerprint density at radius 1 is 1.30 bits per heavy atom. The van der Waals surface area contributed by atoms with Crippen molar-refractivity contribution in [3.05, 3.63) is 36.4 Å². The summed E-state index contributed by atoms with van der Waals surface area (Å²) in [6.45, 7) is 0.290. The summed E-state index contributed by atoms with van der Waals surface area (Å²) >= 11 is 1.000. The molecule has 0 saturated heterocycles. The van der Waals surface area contributed by atoms with Gasteiger partial charge in [-0.25, -0.2) is 18.1 Å². The fourth-order valence-corrected chi connectivity index (χ4v) is 3.61. The van der Waals surface area contributed by atoms with Crippen molar-refractivity contribution in [3.63, 3.8) is 0 Å². The molecule has 0 spiro atoms. The highest BCUT2D eigenvalue weighted by Gasteiger charge is 2.18. The van der Waals surface area contributed by atoms with Crippen LogP contribution in [0, 0.1) is 0 Å². The number of imidazole rings is 1. The van der Waals surface area contributed by atoms with Crippen LogP contribution < -0.4 is 4.72 Å². The van der Waals surface area contributed by atoms with Gasteiger partial charge in [0.15, 0.2) is 0 Å². The topological polar surface area (TPSA) is 101 Å². The molecule has 7 nitrogen and oxygen atoms in total. The van der Waals surface area contributed by atoms with Crippen molar-refractivity contribution in [1.82, 2.24) is 23.4 Å². The van der Waals surface area contributed by atoms with Gasteiger partial charge in [0, 0.05) is 24.9 Å². The zero-order valence-corrected chi connectivity index (χ0v) is 11.9. The molecule has 0 amide bonds. The fourth-order valence-electron chi connectivity index (χ4n) is 1.82. The zero-order valence-electron chi connectivity index (χ0n) is 10.3. The largest absolute Gasteiger partial charge is 0.348 e. The molecule has 3 aromatic rings. The van der Waals surface area contributed by atoms with Crippen LogP contribution >= 0.6 is 11.7 Å². The van der Waals surface area contributed by atoms with Crippen LogP contribution in [0.4, 0.5) is 0 Å². The number of benzene rings is 1. The lowest BCUT2D eigenvalue weighted by Gasteiger charge is -2.06. The molecule has 2 heterocycles. The standard InChI is InChI=1S/C11H11N5O2S2/c17-20(18,14-5-4-8-6-12-7-13-8)10-3-1-2-9-11(10)16-19-15-9/h1-3,6-7,14H,4-5H2,(H,12,13). The summed E-state index contributed by atoms with van der Waals surface area (Å²) in [6, 6.07) is 4.93. The van der Waals surface area contributed by atoms with Gasteiger partial charge >= 0.3 is 0 Å². The number of nitrogens with zero attached hydrogens (tertiary/aromatic N) is 3. The van der Waals surface area contributed by atoms with E-state index in [1.165, 1.54) is 6.07 Å². The minimum atomic E-state index is -3.59. The lowest BCUT2D eigenvalue weighted by Crippen LogP contribution is -2.26. The number of rotatable bonds is 5. The Kier molecular flexibility index (Phi) is 3.47. The first-order chi connectivity index (χ1) is 9.67. The van der Waals surface area contributed by atoms with Gasteiger partial charge in [0.05, 0.1) is 18.1 Å². The van der Waals surface area contributed by atoms with Gasteiger partial charge < -0.3 is 4.98 Å². The summed E-state index contributed by atoms with van der Waals surface area (Å²) < 4.78 is 35.2. The number of hydrogen-bond acceptors (Lipinski definition) is 6. The summed E-state index contributed by atoms with van der Waals surface area (Å²) in [4.78, 5) is 6.96. The van der Waals surface area contributed by atoms with Crippen molar-refractivity contribution in [1.29, 1.82) is 0 Å². The van der Waals surface area contributed by atoms with Crippen molar-refractivity contribution in [2.75, 3.05) is 6.54 Å². The first-order valence-electron chi connectivity index (χ1n) is 5.85. The third-order valence-corrected chi connectivity index (χ3v) is 4.81. The first kappa shape index (κ1) is 13.2. The minimum absolute atomic E-state index is 0.161. The number of aromatic amines is 1. The van der Waals surface area contributed by atoms with Crippen LogP contribution in [0.15, 0.2) is 35.6 Å². The Morgan fingerprint density at radius 3 is 3.00 bits per heavy atom. The predicted octanol–water partition coefficient (Wildman–Crippen LogP) is 0.935. The highest BCUT2D eigenvalue weighted by atomic mass is 32.2. The molecule has 0 bridgehead atoms. The second kappa shape index (κ2) is 5.27. The van der Waals surface area contributed by atoms with Crippen molar-refractivity contribution in [2.45, 2.75) is 11.3 Å². The zero-order chi connectivity index (χ0) is 14.0. The molecule has 0 aliphatic heterocycles. The van der Waals surface area contributed by atoms with Gasteiger partial charge in [0.2, 0.25) is 10.0 Å². The number of aromatic nitrogens is 4. The van der Waals surface area contributed by atoms with Crippen LogP contribution in [-0.4, -0.2) is 33.7 Å². The average molecular weight is 309 g/mol. The monoisotopic (exact) mass is 309 g/mol.